The molecule has 0 aromatic heterocycles. The van der Waals surface area contributed by atoms with Crippen molar-refractivity contribution in [2.45, 2.75) is 13.0 Å². The van der Waals surface area contributed by atoms with Crippen molar-refractivity contribution in [3.8, 4) is 11.8 Å². The van der Waals surface area contributed by atoms with Crippen molar-refractivity contribution in [2.75, 3.05) is 0 Å². The maximum atomic E-state index is 5.57. The molecule has 0 radical (unpaired) electrons. The molecule has 2 unspecified atom stereocenters. The first-order chi connectivity index (χ1) is 4.79. The van der Waals surface area contributed by atoms with Crippen LogP contribution in [0.1, 0.15) is 6.92 Å². The Labute approximate surface area is 61.6 Å². The van der Waals surface area contributed by atoms with Crippen LogP contribution in [0.3, 0.4) is 0 Å². The third kappa shape index (κ3) is 2.08. The van der Waals surface area contributed by atoms with Gasteiger partial charge in [-0.2, -0.15) is 0 Å². The Kier molecular flexibility index (Phi) is 2.30. The molecule has 1 rings (SSSR count). The number of hydrogen-bond acceptors (Lipinski definition) is 1. The van der Waals surface area contributed by atoms with Gasteiger partial charge in [0, 0.05) is 5.92 Å². The minimum atomic E-state index is -0.0904. The summed E-state index contributed by atoms with van der Waals surface area (Å²) < 4.78 is 0. The highest BCUT2D eigenvalue weighted by Gasteiger charge is 1.92. The van der Waals surface area contributed by atoms with Crippen molar-refractivity contribution in [2.24, 2.45) is 11.7 Å². The Morgan fingerprint density at radius 2 is 1.90 bits per heavy atom. The SMILES string of the molecule is CC1C#CC(N)/C=C\C=C/1. The van der Waals surface area contributed by atoms with Crippen LogP contribution >= 0.6 is 0 Å². The molecule has 1 heteroatoms. The van der Waals surface area contributed by atoms with Gasteiger partial charge in [-0.25, -0.2) is 0 Å². The van der Waals surface area contributed by atoms with Crippen LogP contribution in [0.25, 0.3) is 0 Å². The van der Waals surface area contributed by atoms with E-state index in [1.54, 1.807) is 0 Å². The van der Waals surface area contributed by atoms with E-state index in [0.717, 1.165) is 0 Å². The Balaban J connectivity index is 2.76. The smallest absolute Gasteiger partial charge is 0.0854 e. The second-order valence-electron chi connectivity index (χ2n) is 2.37. The monoisotopic (exact) mass is 133 g/mol. The van der Waals surface area contributed by atoms with Crippen LogP contribution in [0.15, 0.2) is 24.3 Å². The van der Waals surface area contributed by atoms with Crippen LogP contribution in [-0.4, -0.2) is 6.04 Å². The summed E-state index contributed by atoms with van der Waals surface area (Å²) in [6.07, 6.45) is 7.86. The van der Waals surface area contributed by atoms with E-state index in [-0.39, 0.29) is 6.04 Å². The molecule has 0 spiro atoms. The molecule has 0 aromatic carbocycles. The highest BCUT2D eigenvalue weighted by molar-refractivity contribution is 5.24. The van der Waals surface area contributed by atoms with Crippen molar-refractivity contribution < 1.29 is 0 Å². The predicted octanol–water partition coefficient (Wildman–Crippen LogP) is 1.08. The fourth-order valence-electron chi connectivity index (χ4n) is 0.739. The van der Waals surface area contributed by atoms with Crippen LogP contribution < -0.4 is 5.73 Å². The van der Waals surface area contributed by atoms with Gasteiger partial charge in [0.2, 0.25) is 0 Å². The molecule has 0 fully saturated rings. The lowest BCUT2D eigenvalue weighted by molar-refractivity contribution is 0.962. The standard InChI is InChI=1S/C9H11N/c1-8-4-2-3-5-9(10)7-6-8/h2-5,8-9H,10H2,1H3/b4-2-,5-3-. The topological polar surface area (TPSA) is 26.0 Å². The predicted molar refractivity (Wildman–Crippen MR) is 43.2 cm³/mol. The van der Waals surface area contributed by atoms with E-state index in [4.69, 9.17) is 5.73 Å². The van der Waals surface area contributed by atoms with Crippen molar-refractivity contribution in [3.05, 3.63) is 24.3 Å². The van der Waals surface area contributed by atoms with Gasteiger partial charge in [0.15, 0.2) is 0 Å². The van der Waals surface area contributed by atoms with Gasteiger partial charge >= 0.3 is 0 Å². The molecule has 1 aliphatic carbocycles. The van der Waals surface area contributed by atoms with Crippen molar-refractivity contribution in [3.63, 3.8) is 0 Å². The fourth-order valence-corrected chi connectivity index (χ4v) is 0.739. The summed E-state index contributed by atoms with van der Waals surface area (Å²) in [5, 5.41) is 0. The summed E-state index contributed by atoms with van der Waals surface area (Å²) in [7, 11) is 0. The van der Waals surface area contributed by atoms with Crippen molar-refractivity contribution in [1.82, 2.24) is 0 Å². The number of hydrogen-bond donors (Lipinski definition) is 1. The molecule has 0 aliphatic heterocycles. The zero-order valence-corrected chi connectivity index (χ0v) is 6.04. The summed E-state index contributed by atoms with van der Waals surface area (Å²) in [5.41, 5.74) is 5.57. The molecule has 10 heavy (non-hydrogen) atoms. The van der Waals surface area contributed by atoms with Crippen LogP contribution in [0.4, 0.5) is 0 Å². The number of nitrogens with two attached hydrogens (primary N) is 1. The van der Waals surface area contributed by atoms with Gasteiger partial charge in [-0.15, -0.1) is 0 Å². The second-order valence-corrected chi connectivity index (χ2v) is 2.37. The van der Waals surface area contributed by atoms with E-state index >= 15 is 0 Å². The maximum Gasteiger partial charge on any atom is 0.0854 e. The van der Waals surface area contributed by atoms with E-state index in [9.17, 15) is 0 Å². The lowest BCUT2D eigenvalue weighted by Crippen LogP contribution is -2.14. The van der Waals surface area contributed by atoms with Crippen LogP contribution in [-0.2, 0) is 0 Å². The molecule has 1 nitrogen and oxygen atoms in total. The zero-order valence-electron chi connectivity index (χ0n) is 6.04. The van der Waals surface area contributed by atoms with Gasteiger partial charge in [0.05, 0.1) is 6.04 Å². The third-order valence-corrected chi connectivity index (χ3v) is 1.31. The molecule has 0 bridgehead atoms. The van der Waals surface area contributed by atoms with Gasteiger partial charge in [-0.1, -0.05) is 36.1 Å². The summed E-state index contributed by atoms with van der Waals surface area (Å²) >= 11 is 0. The molecule has 0 heterocycles. The van der Waals surface area contributed by atoms with E-state index < -0.39 is 0 Å². The molecule has 2 atom stereocenters. The van der Waals surface area contributed by atoms with E-state index in [0.29, 0.717) is 5.92 Å². The first-order valence-corrected chi connectivity index (χ1v) is 3.40. The van der Waals surface area contributed by atoms with Gasteiger partial charge in [0.1, 0.15) is 0 Å². The largest absolute Gasteiger partial charge is 0.314 e. The lowest BCUT2D eigenvalue weighted by atomic mass is 10.1. The highest BCUT2D eigenvalue weighted by atomic mass is 14.6. The highest BCUT2D eigenvalue weighted by Crippen LogP contribution is 1.97. The molecule has 0 saturated carbocycles. The summed E-state index contributed by atoms with van der Waals surface area (Å²) in [5.74, 6) is 6.27. The first-order valence-electron chi connectivity index (χ1n) is 3.40. The quantitative estimate of drug-likeness (QED) is 0.492. The van der Waals surface area contributed by atoms with Gasteiger partial charge < -0.3 is 5.73 Å². The Hall–Kier alpha value is -1.00. The molecule has 52 valence electrons. The van der Waals surface area contributed by atoms with E-state index in [2.05, 4.69) is 24.8 Å². The van der Waals surface area contributed by atoms with Crippen LogP contribution in [0.5, 0.6) is 0 Å². The van der Waals surface area contributed by atoms with Gasteiger partial charge in [-0.05, 0) is 6.92 Å². The molecule has 0 saturated heterocycles. The fraction of sp³-hybridized carbons (Fsp3) is 0.333. The Morgan fingerprint density at radius 1 is 1.20 bits per heavy atom. The normalized spacial score (nSPS) is 36.6. The average molecular weight is 133 g/mol. The molecule has 1 aliphatic rings. The first kappa shape index (κ1) is 7.11. The summed E-state index contributed by atoms with van der Waals surface area (Å²) in [6, 6.07) is -0.0904. The molecule has 0 aromatic rings. The van der Waals surface area contributed by atoms with Crippen molar-refractivity contribution in [1.29, 1.82) is 0 Å². The number of allylic oxidation sites excluding steroid dienone is 3. The minimum absolute atomic E-state index is 0.0904. The molecule has 2 N–H and O–H groups in total. The van der Waals surface area contributed by atoms with Crippen LogP contribution in [0, 0.1) is 17.8 Å². The second kappa shape index (κ2) is 3.24. The van der Waals surface area contributed by atoms with Crippen LogP contribution in [0.2, 0.25) is 0 Å². The van der Waals surface area contributed by atoms with E-state index in [1.807, 2.05) is 18.2 Å². The minimum Gasteiger partial charge on any atom is -0.314 e. The van der Waals surface area contributed by atoms with E-state index in [1.165, 1.54) is 0 Å². The zero-order chi connectivity index (χ0) is 7.40. The molecular formula is C9H11N. The Morgan fingerprint density at radius 3 is 2.70 bits per heavy atom. The van der Waals surface area contributed by atoms with Gasteiger partial charge in [0.25, 0.3) is 0 Å². The summed E-state index contributed by atoms with van der Waals surface area (Å²) in [4.78, 5) is 0. The third-order valence-electron chi connectivity index (χ3n) is 1.31. The average Bonchev–Trinajstić information content (AvgIpc) is 1.90. The molecule has 0 amide bonds. The number of rotatable bonds is 0. The van der Waals surface area contributed by atoms with Gasteiger partial charge in [-0.3, -0.25) is 0 Å². The summed E-state index contributed by atoms with van der Waals surface area (Å²) in [6.45, 7) is 2.05. The van der Waals surface area contributed by atoms with Crippen molar-refractivity contribution >= 4 is 0 Å². The molecular weight excluding hydrogens is 122 g/mol. The Bertz CT molecular complexity index is 193. The maximum absolute atomic E-state index is 5.57. The lowest BCUT2D eigenvalue weighted by Gasteiger charge is -1.98.